The van der Waals surface area contributed by atoms with Gasteiger partial charge in [-0.15, -0.1) is 0 Å². The molecule has 0 unspecified atom stereocenters. The Kier molecular flexibility index (Phi) is 6.90. The number of nitrogens with one attached hydrogen (secondary N) is 2. The number of nitrogens with zero attached hydrogens (tertiary/aromatic N) is 2. The van der Waals surface area contributed by atoms with E-state index in [1.54, 1.807) is 0 Å². The first-order valence-electron chi connectivity index (χ1n) is 10.6. The lowest BCUT2D eigenvalue weighted by Gasteiger charge is -2.30. The highest BCUT2D eigenvalue weighted by atomic mass is 19.1. The summed E-state index contributed by atoms with van der Waals surface area (Å²) in [6, 6.07) is 9.05. The maximum absolute atomic E-state index is 13.3. The van der Waals surface area contributed by atoms with Gasteiger partial charge in [-0.25, -0.2) is 9.37 Å². The van der Waals surface area contributed by atoms with Gasteiger partial charge in [-0.05, 0) is 24.7 Å². The molecule has 162 valence electrons. The summed E-state index contributed by atoms with van der Waals surface area (Å²) in [6.07, 6.45) is 3.92. The number of amides is 2. The molecular weight excluding hydrogens is 383 g/mol. The molecule has 3 rings (SSSR count). The highest BCUT2D eigenvalue weighted by Gasteiger charge is 2.34. The van der Waals surface area contributed by atoms with Crippen molar-refractivity contribution >= 4 is 11.8 Å². The normalized spacial score (nSPS) is 15.1. The van der Waals surface area contributed by atoms with Crippen LogP contribution in [0.1, 0.15) is 56.2 Å². The Bertz CT molecular complexity index is 887. The molecule has 2 amide bonds. The van der Waals surface area contributed by atoms with Crippen LogP contribution < -0.4 is 10.6 Å². The second kappa shape index (κ2) is 9.41. The van der Waals surface area contributed by atoms with Gasteiger partial charge >= 0.3 is 0 Å². The van der Waals surface area contributed by atoms with E-state index in [1.165, 1.54) is 0 Å². The molecule has 0 fully saturated rings. The zero-order valence-electron chi connectivity index (χ0n) is 18.0. The van der Waals surface area contributed by atoms with E-state index in [4.69, 9.17) is 4.98 Å². The number of fused-ring (bicyclic) bond motifs is 1. The Morgan fingerprint density at radius 1 is 1.17 bits per heavy atom. The fourth-order valence-corrected chi connectivity index (χ4v) is 3.86. The van der Waals surface area contributed by atoms with Gasteiger partial charge in [0.2, 0.25) is 5.91 Å². The van der Waals surface area contributed by atoms with E-state index < -0.39 is 18.1 Å². The van der Waals surface area contributed by atoms with Crippen molar-refractivity contribution in [3.05, 3.63) is 41.7 Å². The molecule has 30 heavy (non-hydrogen) atoms. The number of hydrogen-bond donors (Lipinski definition) is 2. The van der Waals surface area contributed by atoms with E-state index in [0.29, 0.717) is 5.69 Å². The quantitative estimate of drug-likeness (QED) is 0.760. The van der Waals surface area contributed by atoms with E-state index in [9.17, 15) is 14.0 Å². The average molecular weight is 415 g/mol. The van der Waals surface area contributed by atoms with Gasteiger partial charge < -0.3 is 15.2 Å². The van der Waals surface area contributed by atoms with Crippen LogP contribution in [-0.4, -0.2) is 40.6 Å². The van der Waals surface area contributed by atoms with Crippen LogP contribution in [0.4, 0.5) is 4.39 Å². The van der Waals surface area contributed by atoms with Crippen LogP contribution in [0.3, 0.4) is 0 Å². The molecule has 0 radical (unpaired) electrons. The molecule has 2 heterocycles. The second-order valence-corrected chi connectivity index (χ2v) is 8.81. The average Bonchev–Trinajstić information content (AvgIpc) is 2.91. The Morgan fingerprint density at radius 2 is 1.90 bits per heavy atom. The first-order valence-corrected chi connectivity index (χ1v) is 10.6. The van der Waals surface area contributed by atoms with Crippen molar-refractivity contribution in [3.63, 3.8) is 0 Å². The summed E-state index contributed by atoms with van der Waals surface area (Å²) in [5, 5.41) is 5.41. The number of carbonyl (C=O) groups is 2. The summed E-state index contributed by atoms with van der Waals surface area (Å²) < 4.78 is 14.7. The van der Waals surface area contributed by atoms with Gasteiger partial charge in [-0.2, -0.15) is 0 Å². The Labute approximate surface area is 177 Å². The van der Waals surface area contributed by atoms with E-state index >= 15 is 0 Å². The maximum atomic E-state index is 13.3. The first kappa shape index (κ1) is 22.0. The highest BCUT2D eigenvalue weighted by Crippen LogP contribution is 2.28. The minimum atomic E-state index is -0.792. The largest absolute Gasteiger partial charge is 0.352 e. The molecule has 7 heteroatoms. The van der Waals surface area contributed by atoms with Crippen LogP contribution in [0, 0.1) is 5.41 Å². The Balaban J connectivity index is 1.95. The minimum Gasteiger partial charge on any atom is -0.352 e. The minimum absolute atomic E-state index is 0.0701. The van der Waals surface area contributed by atoms with Gasteiger partial charge in [0.25, 0.3) is 5.91 Å². The highest BCUT2D eigenvalue weighted by molar-refractivity contribution is 5.98. The Morgan fingerprint density at radius 3 is 2.57 bits per heavy atom. The number of benzene rings is 1. The SMILES string of the molecule is CC(C)(C)[C@H](NC(=O)c1nc(-c2ccccc2)n2c1CCCCC2)C(=O)NCCF. The molecule has 1 aliphatic heterocycles. The molecule has 0 saturated heterocycles. The van der Waals surface area contributed by atoms with Crippen LogP contribution in [0.5, 0.6) is 0 Å². The lowest BCUT2D eigenvalue weighted by Crippen LogP contribution is -2.54. The van der Waals surface area contributed by atoms with E-state index in [1.807, 2.05) is 51.1 Å². The van der Waals surface area contributed by atoms with E-state index in [-0.39, 0.29) is 18.4 Å². The predicted octanol–water partition coefficient (Wildman–Crippen LogP) is 3.51. The van der Waals surface area contributed by atoms with Gasteiger partial charge in [-0.3, -0.25) is 9.59 Å². The molecule has 0 spiro atoms. The maximum Gasteiger partial charge on any atom is 0.272 e. The molecule has 6 nitrogen and oxygen atoms in total. The number of aromatic nitrogens is 2. The van der Waals surface area contributed by atoms with Gasteiger partial charge in [0.05, 0.1) is 5.69 Å². The third-order valence-corrected chi connectivity index (χ3v) is 5.41. The van der Waals surface area contributed by atoms with Gasteiger partial charge in [0.15, 0.2) is 0 Å². The smallest absolute Gasteiger partial charge is 0.272 e. The van der Waals surface area contributed by atoms with Crippen molar-refractivity contribution in [2.45, 2.75) is 59.0 Å². The van der Waals surface area contributed by atoms with Crippen LogP contribution in [-0.2, 0) is 17.8 Å². The standard InChI is InChI=1S/C23H31FN4O2/c1-23(2,3)19(22(30)25-14-13-24)27-21(29)18-17-12-8-5-9-15-28(17)20(26-18)16-10-6-4-7-11-16/h4,6-7,10-11,19H,5,8-9,12-15H2,1-3H3,(H,25,30)(H,27,29)/t19-/m1/s1. The van der Waals surface area contributed by atoms with Gasteiger partial charge in [-0.1, -0.05) is 57.5 Å². The lowest BCUT2D eigenvalue weighted by atomic mass is 9.86. The summed E-state index contributed by atoms with van der Waals surface area (Å²) >= 11 is 0. The molecule has 1 atom stereocenters. The van der Waals surface area contributed by atoms with Crippen molar-refractivity contribution in [1.29, 1.82) is 0 Å². The molecule has 2 aromatic rings. The van der Waals surface area contributed by atoms with Crippen molar-refractivity contribution in [2.24, 2.45) is 5.41 Å². The van der Waals surface area contributed by atoms with Crippen molar-refractivity contribution in [2.75, 3.05) is 13.2 Å². The summed E-state index contributed by atoms with van der Waals surface area (Å²) in [5.74, 6) is 0.0343. The molecule has 1 aliphatic rings. The molecule has 2 N–H and O–H groups in total. The molecule has 0 bridgehead atoms. The molecule has 1 aromatic heterocycles. The van der Waals surface area contributed by atoms with Crippen LogP contribution in [0.25, 0.3) is 11.4 Å². The molecule has 0 saturated carbocycles. The summed E-state index contributed by atoms with van der Waals surface area (Å²) in [6.45, 7) is 5.71. The zero-order valence-corrected chi connectivity index (χ0v) is 18.0. The van der Waals surface area contributed by atoms with E-state index in [2.05, 4.69) is 15.2 Å². The van der Waals surface area contributed by atoms with E-state index in [0.717, 1.165) is 49.3 Å². The molecule has 0 aliphatic carbocycles. The zero-order chi connectivity index (χ0) is 21.7. The fourth-order valence-electron chi connectivity index (χ4n) is 3.86. The lowest BCUT2D eigenvalue weighted by molar-refractivity contribution is -0.125. The van der Waals surface area contributed by atoms with Crippen LogP contribution in [0.15, 0.2) is 30.3 Å². The monoisotopic (exact) mass is 414 g/mol. The second-order valence-electron chi connectivity index (χ2n) is 8.81. The number of carbonyl (C=O) groups excluding carboxylic acids is 2. The van der Waals surface area contributed by atoms with Gasteiger partial charge in [0, 0.05) is 18.7 Å². The fraction of sp³-hybridized carbons (Fsp3) is 0.522. The Hall–Kier alpha value is -2.70. The molecule has 1 aromatic carbocycles. The van der Waals surface area contributed by atoms with Crippen molar-refractivity contribution < 1.29 is 14.0 Å². The first-order chi connectivity index (χ1) is 14.3. The van der Waals surface area contributed by atoms with Crippen molar-refractivity contribution in [1.82, 2.24) is 20.2 Å². The number of hydrogen-bond acceptors (Lipinski definition) is 3. The van der Waals surface area contributed by atoms with Gasteiger partial charge in [0.1, 0.15) is 24.2 Å². The van der Waals surface area contributed by atoms with Crippen LogP contribution in [0.2, 0.25) is 0 Å². The number of imidazole rings is 1. The molecular formula is C23H31FN4O2. The topological polar surface area (TPSA) is 76.0 Å². The predicted molar refractivity (Wildman–Crippen MR) is 115 cm³/mol. The van der Waals surface area contributed by atoms with Crippen LogP contribution >= 0.6 is 0 Å². The third-order valence-electron chi connectivity index (χ3n) is 5.41. The number of rotatable bonds is 6. The summed E-state index contributed by atoms with van der Waals surface area (Å²) in [4.78, 5) is 30.6. The summed E-state index contributed by atoms with van der Waals surface area (Å²) in [5.41, 5.74) is 1.73. The van der Waals surface area contributed by atoms with Crippen molar-refractivity contribution in [3.8, 4) is 11.4 Å². The summed E-state index contributed by atoms with van der Waals surface area (Å²) in [7, 11) is 0. The number of alkyl halides is 1. The third kappa shape index (κ3) is 4.89. The number of halogens is 1.